The normalized spacial score (nSPS) is 15.4. The fraction of sp³-hybridized carbons (Fsp3) is 0.917. The van der Waals surface area contributed by atoms with E-state index in [1.165, 1.54) is 6.92 Å². The summed E-state index contributed by atoms with van der Waals surface area (Å²) in [5.41, 5.74) is 5.29. The van der Waals surface area contributed by atoms with Crippen LogP contribution in [0.4, 0.5) is 13.2 Å². The lowest BCUT2D eigenvalue weighted by Crippen LogP contribution is -2.51. The van der Waals surface area contributed by atoms with Gasteiger partial charge in [-0.15, -0.1) is 0 Å². The van der Waals surface area contributed by atoms with Crippen LogP contribution < -0.4 is 11.1 Å². The average Bonchev–Trinajstić information content (AvgIpc) is 2.25. The molecule has 19 heavy (non-hydrogen) atoms. The molecule has 2 atom stereocenters. The Morgan fingerprint density at radius 1 is 1.37 bits per heavy atom. The Hall–Kier alpha value is -0.820. The van der Waals surface area contributed by atoms with Crippen molar-refractivity contribution in [1.29, 1.82) is 0 Å². The van der Waals surface area contributed by atoms with E-state index in [1.807, 2.05) is 13.8 Å². The third-order valence-corrected chi connectivity index (χ3v) is 2.84. The Bertz CT molecular complexity index is 271. The molecule has 0 aromatic rings. The second-order valence-electron chi connectivity index (χ2n) is 4.75. The molecule has 0 aromatic carbocycles. The van der Waals surface area contributed by atoms with Crippen LogP contribution in [0.2, 0.25) is 0 Å². The minimum Gasteiger partial charge on any atom is -0.352 e. The molecule has 0 aliphatic rings. The number of rotatable bonds is 8. The maximum Gasteiger partial charge on any atom is 0.401 e. The fourth-order valence-corrected chi connectivity index (χ4v) is 1.84. The van der Waals surface area contributed by atoms with E-state index in [0.29, 0.717) is 0 Å². The van der Waals surface area contributed by atoms with E-state index < -0.39 is 24.7 Å². The van der Waals surface area contributed by atoms with Crippen molar-refractivity contribution in [3.8, 4) is 0 Å². The van der Waals surface area contributed by atoms with Gasteiger partial charge in [-0.2, -0.15) is 13.2 Å². The SMILES string of the molecule is CCCC(C)NC(=O)C(C)N(CCN)CC(F)(F)F. The van der Waals surface area contributed by atoms with E-state index in [-0.39, 0.29) is 19.1 Å². The van der Waals surface area contributed by atoms with Gasteiger partial charge in [0.15, 0.2) is 0 Å². The second-order valence-corrected chi connectivity index (χ2v) is 4.75. The lowest BCUT2D eigenvalue weighted by atomic mass is 10.1. The number of alkyl halides is 3. The minimum atomic E-state index is -4.33. The lowest BCUT2D eigenvalue weighted by Gasteiger charge is -2.29. The molecule has 2 unspecified atom stereocenters. The number of nitrogens with two attached hydrogens (primary N) is 1. The Morgan fingerprint density at radius 2 is 1.95 bits per heavy atom. The second kappa shape index (κ2) is 8.37. The van der Waals surface area contributed by atoms with Gasteiger partial charge >= 0.3 is 6.18 Å². The summed E-state index contributed by atoms with van der Waals surface area (Å²) in [7, 11) is 0. The highest BCUT2D eigenvalue weighted by atomic mass is 19.4. The number of hydrogen-bond donors (Lipinski definition) is 2. The molecule has 0 fully saturated rings. The van der Waals surface area contributed by atoms with Crippen LogP contribution in [-0.2, 0) is 4.79 Å². The maximum absolute atomic E-state index is 12.4. The summed E-state index contributed by atoms with van der Waals surface area (Å²) < 4.78 is 37.3. The molecule has 0 aliphatic carbocycles. The van der Waals surface area contributed by atoms with E-state index in [9.17, 15) is 18.0 Å². The minimum absolute atomic E-state index is 0.0365. The van der Waals surface area contributed by atoms with Crippen LogP contribution in [0.3, 0.4) is 0 Å². The predicted octanol–water partition coefficient (Wildman–Crippen LogP) is 1.50. The zero-order chi connectivity index (χ0) is 15.1. The van der Waals surface area contributed by atoms with Crippen molar-refractivity contribution in [2.45, 2.75) is 51.9 Å². The van der Waals surface area contributed by atoms with E-state index >= 15 is 0 Å². The molecule has 0 rings (SSSR count). The molecule has 0 aliphatic heterocycles. The molecular formula is C12H24F3N3O. The van der Waals surface area contributed by atoms with Crippen molar-refractivity contribution in [1.82, 2.24) is 10.2 Å². The van der Waals surface area contributed by atoms with Crippen molar-refractivity contribution >= 4 is 5.91 Å². The Kier molecular flexibility index (Phi) is 8.01. The lowest BCUT2D eigenvalue weighted by molar-refractivity contribution is -0.154. The number of carbonyl (C=O) groups excluding carboxylic acids is 1. The third-order valence-electron chi connectivity index (χ3n) is 2.84. The summed E-state index contributed by atoms with van der Waals surface area (Å²) in [5.74, 6) is -0.390. The van der Waals surface area contributed by atoms with E-state index in [4.69, 9.17) is 5.73 Å². The zero-order valence-corrected chi connectivity index (χ0v) is 11.8. The zero-order valence-electron chi connectivity index (χ0n) is 11.8. The van der Waals surface area contributed by atoms with Gasteiger partial charge in [-0.25, -0.2) is 0 Å². The molecule has 0 spiro atoms. The first-order valence-corrected chi connectivity index (χ1v) is 6.52. The molecule has 4 nitrogen and oxygen atoms in total. The Morgan fingerprint density at radius 3 is 2.37 bits per heavy atom. The molecule has 0 aromatic heterocycles. The van der Waals surface area contributed by atoms with Crippen LogP contribution in [-0.4, -0.2) is 48.7 Å². The largest absolute Gasteiger partial charge is 0.401 e. The monoisotopic (exact) mass is 283 g/mol. The number of nitrogens with one attached hydrogen (secondary N) is 1. The Balaban J connectivity index is 4.52. The van der Waals surface area contributed by atoms with Crippen LogP contribution in [0.1, 0.15) is 33.6 Å². The van der Waals surface area contributed by atoms with E-state index in [1.54, 1.807) is 0 Å². The van der Waals surface area contributed by atoms with Gasteiger partial charge in [-0.05, 0) is 20.3 Å². The number of nitrogens with zero attached hydrogens (tertiary/aromatic N) is 1. The van der Waals surface area contributed by atoms with Gasteiger partial charge < -0.3 is 11.1 Å². The first kappa shape index (κ1) is 18.2. The van der Waals surface area contributed by atoms with Crippen molar-refractivity contribution in [2.75, 3.05) is 19.6 Å². The van der Waals surface area contributed by atoms with Gasteiger partial charge in [0.2, 0.25) is 5.91 Å². The molecule has 0 saturated heterocycles. The number of hydrogen-bond acceptors (Lipinski definition) is 3. The summed E-state index contributed by atoms with van der Waals surface area (Å²) in [6.07, 6.45) is -2.63. The molecular weight excluding hydrogens is 259 g/mol. The van der Waals surface area contributed by atoms with Crippen LogP contribution in [0.5, 0.6) is 0 Å². The van der Waals surface area contributed by atoms with Gasteiger partial charge in [-0.3, -0.25) is 9.69 Å². The van der Waals surface area contributed by atoms with E-state index in [2.05, 4.69) is 5.32 Å². The predicted molar refractivity (Wildman–Crippen MR) is 68.7 cm³/mol. The standard InChI is InChI=1S/C12H24F3N3O/c1-4-5-9(2)17-11(19)10(3)18(7-6-16)8-12(13,14)15/h9-10H,4-8,16H2,1-3H3,(H,17,19). The summed E-state index contributed by atoms with van der Waals surface area (Å²) in [6.45, 7) is 4.28. The van der Waals surface area contributed by atoms with Crippen molar-refractivity contribution in [3.05, 3.63) is 0 Å². The summed E-state index contributed by atoms with van der Waals surface area (Å²) >= 11 is 0. The van der Waals surface area contributed by atoms with Gasteiger partial charge in [0.05, 0.1) is 12.6 Å². The van der Waals surface area contributed by atoms with Crippen molar-refractivity contribution in [3.63, 3.8) is 0 Å². The quantitative estimate of drug-likeness (QED) is 0.710. The molecule has 0 radical (unpaired) electrons. The number of amides is 1. The van der Waals surface area contributed by atoms with Crippen LogP contribution in [0.25, 0.3) is 0 Å². The average molecular weight is 283 g/mol. The van der Waals surface area contributed by atoms with Crippen LogP contribution in [0.15, 0.2) is 0 Å². The molecule has 7 heteroatoms. The number of carbonyl (C=O) groups is 1. The maximum atomic E-state index is 12.4. The van der Waals surface area contributed by atoms with Gasteiger partial charge in [-0.1, -0.05) is 13.3 Å². The first-order chi connectivity index (χ1) is 8.71. The smallest absolute Gasteiger partial charge is 0.352 e. The van der Waals surface area contributed by atoms with Gasteiger partial charge in [0.1, 0.15) is 0 Å². The molecule has 0 heterocycles. The van der Waals surface area contributed by atoms with Crippen molar-refractivity contribution < 1.29 is 18.0 Å². The highest BCUT2D eigenvalue weighted by Crippen LogP contribution is 2.17. The highest BCUT2D eigenvalue weighted by molar-refractivity contribution is 5.81. The third kappa shape index (κ3) is 8.05. The van der Waals surface area contributed by atoms with Crippen LogP contribution in [0, 0.1) is 0 Å². The topological polar surface area (TPSA) is 58.4 Å². The fourth-order valence-electron chi connectivity index (χ4n) is 1.84. The Labute approximate surface area is 112 Å². The summed E-state index contributed by atoms with van der Waals surface area (Å²) in [5, 5.41) is 2.72. The van der Waals surface area contributed by atoms with Gasteiger partial charge in [0, 0.05) is 19.1 Å². The molecule has 114 valence electrons. The number of halogens is 3. The molecule has 0 saturated carbocycles. The molecule has 3 N–H and O–H groups in total. The van der Waals surface area contributed by atoms with Crippen LogP contribution >= 0.6 is 0 Å². The molecule has 1 amide bonds. The van der Waals surface area contributed by atoms with Gasteiger partial charge in [0.25, 0.3) is 0 Å². The summed E-state index contributed by atoms with van der Waals surface area (Å²) in [6, 6.07) is -0.880. The van der Waals surface area contributed by atoms with Crippen molar-refractivity contribution in [2.24, 2.45) is 5.73 Å². The summed E-state index contributed by atoms with van der Waals surface area (Å²) in [4.78, 5) is 12.9. The molecule has 0 bridgehead atoms. The van der Waals surface area contributed by atoms with E-state index in [0.717, 1.165) is 17.7 Å². The highest BCUT2D eigenvalue weighted by Gasteiger charge is 2.34. The first-order valence-electron chi connectivity index (χ1n) is 6.52.